The monoisotopic (exact) mass is 766 g/mol. The number of nitrogens with two attached hydrogens (primary N) is 2. The van der Waals surface area contributed by atoms with Gasteiger partial charge in [0.05, 0.1) is 25.4 Å². The van der Waals surface area contributed by atoms with Crippen LogP contribution in [0.15, 0.2) is 158 Å². The fraction of sp³-hybridized carbons (Fsp3) is 0.280. The Balaban J connectivity index is 0.00000305. The largest absolute Gasteiger partial charge is 0.494 e. The molecule has 4 N–H and O–H groups in total. The first kappa shape index (κ1) is 42.5. The third kappa shape index (κ3) is 12.2. The van der Waals surface area contributed by atoms with Gasteiger partial charge >= 0.3 is 0 Å². The van der Waals surface area contributed by atoms with Gasteiger partial charge in [0, 0.05) is 0 Å². The van der Waals surface area contributed by atoms with E-state index in [0.29, 0.717) is 13.2 Å². The summed E-state index contributed by atoms with van der Waals surface area (Å²) in [5.74, 6) is 12.8. The van der Waals surface area contributed by atoms with Crippen molar-refractivity contribution in [2.45, 2.75) is 77.4 Å². The number of para-hydroxylation sites is 2. The summed E-state index contributed by atoms with van der Waals surface area (Å²) < 4.78 is 31.8. The van der Waals surface area contributed by atoms with E-state index >= 15 is 0 Å². The van der Waals surface area contributed by atoms with Gasteiger partial charge in [-0.2, -0.15) is 0 Å². The molecule has 2 atom stereocenters. The van der Waals surface area contributed by atoms with Crippen LogP contribution in [0.3, 0.4) is 0 Å². The van der Waals surface area contributed by atoms with E-state index in [9.17, 15) is 0 Å². The van der Waals surface area contributed by atoms with E-state index in [1.165, 1.54) is 11.1 Å². The molecule has 0 bridgehead atoms. The first-order valence-corrected chi connectivity index (χ1v) is 19.7. The van der Waals surface area contributed by atoms with Crippen molar-refractivity contribution in [1.82, 2.24) is 0 Å². The Kier molecular flexibility index (Phi) is 15.3. The van der Waals surface area contributed by atoms with Crippen molar-refractivity contribution in [3.05, 3.63) is 180 Å². The van der Waals surface area contributed by atoms with Gasteiger partial charge in [-0.25, -0.2) is 0 Å². The van der Waals surface area contributed by atoms with Crippen LogP contribution in [0.1, 0.15) is 88.8 Å². The minimum absolute atomic E-state index is 0.251. The molecule has 0 aliphatic rings. The van der Waals surface area contributed by atoms with Crippen LogP contribution in [-0.2, 0) is 15.6 Å². The number of hydrogen-bond acceptors (Lipinski definition) is 7. The molecule has 6 aromatic rings. The summed E-state index contributed by atoms with van der Waals surface area (Å²) in [6, 6.07) is 53.4. The molecule has 7 heteroatoms. The highest BCUT2D eigenvalue weighted by atomic mass is 16.5. The van der Waals surface area contributed by atoms with Gasteiger partial charge < -0.3 is 23.7 Å². The van der Waals surface area contributed by atoms with Crippen LogP contribution in [0.4, 0.5) is 0 Å². The normalized spacial score (nSPS) is 12.4. The van der Waals surface area contributed by atoms with Gasteiger partial charge in [-0.3, -0.25) is 11.7 Å². The Labute approximate surface area is 339 Å². The molecule has 298 valence electrons. The number of ether oxygens (including phenoxy) is 5. The Bertz CT molecular complexity index is 1920. The molecule has 0 radical (unpaired) electrons. The second kappa shape index (κ2) is 20.5. The Morgan fingerprint density at radius 2 is 0.772 bits per heavy atom. The van der Waals surface area contributed by atoms with Gasteiger partial charge in [0.15, 0.2) is 0 Å². The van der Waals surface area contributed by atoms with Gasteiger partial charge in [-0.1, -0.05) is 113 Å². The lowest BCUT2D eigenvalue weighted by Crippen LogP contribution is -2.26. The number of rotatable bonds is 18. The molecule has 0 aromatic heterocycles. The zero-order valence-electron chi connectivity index (χ0n) is 34.2. The Morgan fingerprint density at radius 1 is 0.421 bits per heavy atom. The van der Waals surface area contributed by atoms with Crippen molar-refractivity contribution in [1.29, 1.82) is 0 Å². The molecule has 0 aliphatic carbocycles. The summed E-state index contributed by atoms with van der Waals surface area (Å²) in [4.78, 5) is 0. The fourth-order valence-electron chi connectivity index (χ4n) is 6.99. The van der Waals surface area contributed by atoms with Crippen molar-refractivity contribution >= 4 is 0 Å². The quantitative estimate of drug-likeness (QED) is 0.0664. The average Bonchev–Trinajstić information content (AvgIpc) is 3.22. The molecule has 6 rings (SSSR count). The molecule has 0 spiro atoms. The summed E-state index contributed by atoms with van der Waals surface area (Å²) in [6.45, 7) is 14.4. The van der Waals surface area contributed by atoms with Gasteiger partial charge in [0.25, 0.3) is 0 Å². The SMILES string of the molecule is CCOc1ccc(C(C)(C)CC(OC(CC(C)(C)c2ccc(OCC)cc2)c2cccc(Oc3ccccc3)c2)c2cccc(Oc3ccccc3)c2)cc1.NN. The van der Waals surface area contributed by atoms with E-state index in [1.54, 1.807) is 0 Å². The lowest BCUT2D eigenvalue weighted by molar-refractivity contribution is -0.0413. The number of benzene rings is 6. The van der Waals surface area contributed by atoms with Crippen molar-refractivity contribution in [2.24, 2.45) is 11.7 Å². The molecule has 0 saturated carbocycles. The molecule has 0 amide bonds. The maximum Gasteiger partial charge on any atom is 0.127 e. The smallest absolute Gasteiger partial charge is 0.127 e. The summed E-state index contributed by atoms with van der Waals surface area (Å²) >= 11 is 0. The van der Waals surface area contributed by atoms with Crippen LogP contribution >= 0.6 is 0 Å². The van der Waals surface area contributed by atoms with Crippen LogP contribution in [-0.4, -0.2) is 13.2 Å². The summed E-state index contributed by atoms with van der Waals surface area (Å²) in [7, 11) is 0. The average molecular weight is 767 g/mol. The Morgan fingerprint density at radius 3 is 1.12 bits per heavy atom. The fourth-order valence-corrected chi connectivity index (χ4v) is 6.99. The van der Waals surface area contributed by atoms with Crippen molar-refractivity contribution in [3.63, 3.8) is 0 Å². The second-order valence-corrected chi connectivity index (χ2v) is 15.2. The predicted molar refractivity (Wildman–Crippen MR) is 231 cm³/mol. The molecule has 0 fully saturated rings. The van der Waals surface area contributed by atoms with Crippen LogP contribution in [0.2, 0.25) is 0 Å². The number of hydrogen-bond donors (Lipinski definition) is 2. The molecule has 6 aromatic carbocycles. The van der Waals surface area contributed by atoms with E-state index < -0.39 is 0 Å². The van der Waals surface area contributed by atoms with Gasteiger partial charge in [0.2, 0.25) is 0 Å². The van der Waals surface area contributed by atoms with E-state index in [0.717, 1.165) is 58.5 Å². The van der Waals surface area contributed by atoms with E-state index in [-0.39, 0.29) is 23.0 Å². The van der Waals surface area contributed by atoms with Crippen LogP contribution in [0, 0.1) is 0 Å². The zero-order valence-corrected chi connectivity index (χ0v) is 34.2. The first-order chi connectivity index (χ1) is 27.6. The summed E-state index contributed by atoms with van der Waals surface area (Å²) in [5.41, 5.74) is 4.02. The lowest BCUT2D eigenvalue weighted by Gasteiger charge is -2.36. The molecular formula is C50H58N2O5. The number of hydrazine groups is 1. The maximum absolute atomic E-state index is 7.51. The molecule has 57 heavy (non-hydrogen) atoms. The van der Waals surface area contributed by atoms with Gasteiger partial charge in [-0.15, -0.1) is 0 Å². The summed E-state index contributed by atoms with van der Waals surface area (Å²) in [6.07, 6.45) is 0.854. The van der Waals surface area contributed by atoms with Crippen LogP contribution in [0.5, 0.6) is 34.5 Å². The minimum Gasteiger partial charge on any atom is -0.494 e. The predicted octanol–water partition coefficient (Wildman–Crippen LogP) is 12.4. The Hall–Kier alpha value is -5.60. The van der Waals surface area contributed by atoms with Crippen LogP contribution < -0.4 is 30.6 Å². The minimum atomic E-state index is -0.291. The molecule has 7 nitrogen and oxygen atoms in total. The third-order valence-electron chi connectivity index (χ3n) is 10.0. The van der Waals surface area contributed by atoms with Crippen molar-refractivity contribution < 1.29 is 23.7 Å². The molecular weight excluding hydrogens is 709 g/mol. The highest BCUT2D eigenvalue weighted by Crippen LogP contribution is 2.44. The van der Waals surface area contributed by atoms with E-state index in [2.05, 4.69) is 124 Å². The maximum atomic E-state index is 7.51. The van der Waals surface area contributed by atoms with E-state index in [4.69, 9.17) is 23.7 Å². The zero-order chi connectivity index (χ0) is 40.7. The van der Waals surface area contributed by atoms with Crippen LogP contribution in [0.25, 0.3) is 0 Å². The summed E-state index contributed by atoms with van der Waals surface area (Å²) in [5, 5.41) is 0. The van der Waals surface area contributed by atoms with Gasteiger partial charge in [0.1, 0.15) is 34.5 Å². The molecule has 0 saturated heterocycles. The van der Waals surface area contributed by atoms with Crippen molar-refractivity contribution in [3.8, 4) is 34.5 Å². The second-order valence-electron chi connectivity index (χ2n) is 15.2. The highest BCUT2D eigenvalue weighted by Gasteiger charge is 2.33. The molecule has 0 heterocycles. The standard InChI is InChI=1S/C50H54O5.H4N2/c1-7-51-41-29-25-39(26-30-41)49(3,4)35-47(37-17-15-23-45(33-37)53-43-19-11-9-12-20-43)55-48(36-50(5,6)40-27-31-42(32-28-40)52-8-2)38-18-16-24-46(34-38)54-44-21-13-10-14-22-44;1-2/h9-34,47-48H,7-8,35-36H2,1-6H3;1-2H2. The molecule has 2 unspecified atom stereocenters. The lowest BCUT2D eigenvalue weighted by atomic mass is 9.77. The van der Waals surface area contributed by atoms with Gasteiger partial charge in [-0.05, 0) is 133 Å². The third-order valence-corrected chi connectivity index (χ3v) is 10.0. The highest BCUT2D eigenvalue weighted by molar-refractivity contribution is 5.39. The topological polar surface area (TPSA) is 98.2 Å². The van der Waals surface area contributed by atoms with Crippen molar-refractivity contribution in [2.75, 3.05) is 13.2 Å². The van der Waals surface area contributed by atoms with E-state index in [1.807, 2.05) is 86.6 Å². The first-order valence-electron chi connectivity index (χ1n) is 19.7. The molecule has 0 aliphatic heterocycles.